The van der Waals surface area contributed by atoms with Crippen LogP contribution in [0.5, 0.6) is 0 Å². The van der Waals surface area contributed by atoms with Crippen molar-refractivity contribution < 1.29 is 0 Å². The summed E-state index contributed by atoms with van der Waals surface area (Å²) in [5.41, 5.74) is 0.349. The molecule has 0 nitrogen and oxygen atoms in total. The quantitative estimate of drug-likeness (QED) is 0.500. The molecule has 1 heteroatoms. The van der Waals surface area contributed by atoms with Gasteiger partial charge in [0.25, 0.3) is 0 Å². The standard InChI is InChI=1S/C6H13S/c1-6(2,3)4-5-7/h4,7H,5H2,1-3H3. The van der Waals surface area contributed by atoms with E-state index in [1.165, 1.54) is 0 Å². The molecule has 0 aromatic heterocycles. The average molecular weight is 117 g/mol. The highest BCUT2D eigenvalue weighted by Crippen LogP contribution is 2.16. The molecule has 43 valence electrons. The molecule has 0 bridgehead atoms. The van der Waals surface area contributed by atoms with Crippen LogP contribution in [0, 0.1) is 11.8 Å². The molecule has 0 unspecified atom stereocenters. The van der Waals surface area contributed by atoms with Crippen LogP contribution in [-0.4, -0.2) is 5.75 Å². The molecular weight excluding hydrogens is 104 g/mol. The summed E-state index contributed by atoms with van der Waals surface area (Å²) in [5, 5.41) is 0. The molecule has 0 aliphatic rings. The molecule has 0 rings (SSSR count). The lowest BCUT2D eigenvalue weighted by molar-refractivity contribution is 0.499. The minimum absolute atomic E-state index is 0.349. The maximum absolute atomic E-state index is 4.06. The van der Waals surface area contributed by atoms with E-state index in [9.17, 15) is 0 Å². The molecule has 0 saturated carbocycles. The maximum atomic E-state index is 4.06. The van der Waals surface area contributed by atoms with Gasteiger partial charge >= 0.3 is 0 Å². The lowest BCUT2D eigenvalue weighted by Gasteiger charge is -2.14. The van der Waals surface area contributed by atoms with E-state index in [1.54, 1.807) is 0 Å². The highest BCUT2D eigenvalue weighted by atomic mass is 32.1. The van der Waals surface area contributed by atoms with Crippen molar-refractivity contribution >= 4 is 12.6 Å². The van der Waals surface area contributed by atoms with Gasteiger partial charge in [0, 0.05) is 0 Å². The van der Waals surface area contributed by atoms with Crippen LogP contribution in [0.4, 0.5) is 0 Å². The van der Waals surface area contributed by atoms with Crippen molar-refractivity contribution in [1.29, 1.82) is 0 Å². The Bertz CT molecular complexity index is 42.6. The third-order valence-corrected chi connectivity index (χ3v) is 0.886. The normalized spacial score (nSPS) is 12.0. The fourth-order valence-corrected chi connectivity index (χ4v) is 0.822. The zero-order chi connectivity index (χ0) is 5.91. The summed E-state index contributed by atoms with van der Waals surface area (Å²) >= 11 is 4.06. The largest absolute Gasteiger partial charge is 0.179 e. The van der Waals surface area contributed by atoms with Gasteiger partial charge in [-0.25, -0.2) is 0 Å². The molecule has 0 spiro atoms. The summed E-state index contributed by atoms with van der Waals surface area (Å²) in [4.78, 5) is 0. The summed E-state index contributed by atoms with van der Waals surface area (Å²) in [6.07, 6.45) is 2.18. The molecule has 0 aliphatic heterocycles. The Kier molecular flexibility index (Phi) is 2.74. The third-order valence-electron chi connectivity index (χ3n) is 0.704. The van der Waals surface area contributed by atoms with Crippen molar-refractivity contribution in [3.8, 4) is 0 Å². The molecule has 0 saturated heterocycles. The van der Waals surface area contributed by atoms with Crippen molar-refractivity contribution in [3.05, 3.63) is 6.42 Å². The Morgan fingerprint density at radius 3 is 1.86 bits per heavy atom. The van der Waals surface area contributed by atoms with Gasteiger partial charge < -0.3 is 0 Å². The Morgan fingerprint density at radius 2 is 1.86 bits per heavy atom. The smallest absolute Gasteiger partial charge is 0.00614 e. The van der Waals surface area contributed by atoms with Gasteiger partial charge in [-0.2, -0.15) is 12.6 Å². The van der Waals surface area contributed by atoms with E-state index < -0.39 is 0 Å². The lowest BCUT2D eigenvalue weighted by Crippen LogP contribution is -2.05. The lowest BCUT2D eigenvalue weighted by atomic mass is 9.94. The summed E-state index contributed by atoms with van der Waals surface area (Å²) in [5.74, 6) is 0.878. The van der Waals surface area contributed by atoms with Gasteiger partial charge in [0.15, 0.2) is 0 Å². The van der Waals surface area contributed by atoms with Gasteiger partial charge in [0.05, 0.1) is 0 Å². The van der Waals surface area contributed by atoms with Crippen LogP contribution in [0.25, 0.3) is 0 Å². The molecular formula is C6H13S. The van der Waals surface area contributed by atoms with Crippen molar-refractivity contribution in [1.82, 2.24) is 0 Å². The van der Waals surface area contributed by atoms with E-state index >= 15 is 0 Å². The van der Waals surface area contributed by atoms with E-state index in [2.05, 4.69) is 39.8 Å². The molecule has 0 aromatic carbocycles. The van der Waals surface area contributed by atoms with Gasteiger partial charge in [-0.15, -0.1) is 0 Å². The second-order valence-corrected chi connectivity index (χ2v) is 3.12. The molecule has 7 heavy (non-hydrogen) atoms. The van der Waals surface area contributed by atoms with Gasteiger partial charge in [-0.3, -0.25) is 0 Å². The second kappa shape index (κ2) is 2.61. The van der Waals surface area contributed by atoms with Crippen LogP contribution in [0.15, 0.2) is 0 Å². The Balaban J connectivity index is 3.15. The van der Waals surface area contributed by atoms with E-state index in [0.717, 1.165) is 5.75 Å². The number of hydrogen-bond donors (Lipinski definition) is 1. The van der Waals surface area contributed by atoms with E-state index in [0.29, 0.717) is 5.41 Å². The molecule has 0 N–H and O–H groups in total. The minimum atomic E-state index is 0.349. The summed E-state index contributed by atoms with van der Waals surface area (Å²) in [6.45, 7) is 6.51. The molecule has 0 fully saturated rings. The molecule has 0 aromatic rings. The first kappa shape index (κ1) is 7.35. The van der Waals surface area contributed by atoms with Gasteiger partial charge in [-0.1, -0.05) is 20.8 Å². The Labute approximate surface area is 51.7 Å². The summed E-state index contributed by atoms with van der Waals surface area (Å²) < 4.78 is 0. The first-order valence-electron chi connectivity index (χ1n) is 2.51. The molecule has 0 atom stereocenters. The van der Waals surface area contributed by atoms with Crippen LogP contribution in [0.2, 0.25) is 0 Å². The van der Waals surface area contributed by atoms with Crippen molar-refractivity contribution in [2.24, 2.45) is 5.41 Å². The predicted molar refractivity (Wildman–Crippen MR) is 37.6 cm³/mol. The van der Waals surface area contributed by atoms with E-state index in [1.807, 2.05) is 0 Å². The highest BCUT2D eigenvalue weighted by Gasteiger charge is 2.06. The van der Waals surface area contributed by atoms with E-state index in [-0.39, 0.29) is 0 Å². The van der Waals surface area contributed by atoms with Crippen LogP contribution in [0.3, 0.4) is 0 Å². The van der Waals surface area contributed by atoms with Crippen molar-refractivity contribution in [2.45, 2.75) is 20.8 Å². The number of thiol groups is 1. The predicted octanol–water partition coefficient (Wildman–Crippen LogP) is 2.17. The topological polar surface area (TPSA) is 0 Å². The van der Waals surface area contributed by atoms with Crippen LogP contribution in [0.1, 0.15) is 20.8 Å². The van der Waals surface area contributed by atoms with Crippen molar-refractivity contribution in [2.75, 3.05) is 5.75 Å². The van der Waals surface area contributed by atoms with Gasteiger partial charge in [-0.05, 0) is 17.6 Å². The monoisotopic (exact) mass is 117 g/mol. The molecule has 0 amide bonds. The number of rotatable bonds is 1. The molecule has 1 radical (unpaired) electrons. The fourth-order valence-electron chi connectivity index (χ4n) is 0.274. The first-order valence-corrected chi connectivity index (χ1v) is 3.15. The fraction of sp³-hybridized carbons (Fsp3) is 0.833. The maximum Gasteiger partial charge on any atom is -0.00614 e. The number of hydrogen-bond acceptors (Lipinski definition) is 1. The Hall–Kier alpha value is 0.350. The minimum Gasteiger partial charge on any atom is -0.179 e. The van der Waals surface area contributed by atoms with Crippen LogP contribution < -0.4 is 0 Å². The zero-order valence-corrected chi connectivity index (χ0v) is 6.13. The first-order chi connectivity index (χ1) is 3.06. The Morgan fingerprint density at radius 1 is 1.43 bits per heavy atom. The average Bonchev–Trinajstić information content (AvgIpc) is 1.30. The summed E-state index contributed by atoms with van der Waals surface area (Å²) in [7, 11) is 0. The van der Waals surface area contributed by atoms with E-state index in [4.69, 9.17) is 0 Å². The second-order valence-electron chi connectivity index (χ2n) is 2.75. The van der Waals surface area contributed by atoms with Crippen molar-refractivity contribution in [3.63, 3.8) is 0 Å². The highest BCUT2D eigenvalue weighted by molar-refractivity contribution is 7.80. The molecule has 0 heterocycles. The summed E-state index contributed by atoms with van der Waals surface area (Å²) in [6, 6.07) is 0. The SMILES string of the molecule is CC(C)(C)[CH]CS. The zero-order valence-electron chi connectivity index (χ0n) is 5.23. The van der Waals surface area contributed by atoms with Gasteiger partial charge in [0.2, 0.25) is 0 Å². The molecule has 0 aliphatic carbocycles. The van der Waals surface area contributed by atoms with Crippen LogP contribution >= 0.6 is 12.6 Å². The third kappa shape index (κ3) is 6.35. The van der Waals surface area contributed by atoms with Gasteiger partial charge in [0.1, 0.15) is 0 Å². The van der Waals surface area contributed by atoms with Crippen LogP contribution in [-0.2, 0) is 0 Å².